The van der Waals surface area contributed by atoms with Crippen molar-refractivity contribution in [2.75, 3.05) is 0 Å². The molecule has 24 heavy (non-hydrogen) atoms. The van der Waals surface area contributed by atoms with Gasteiger partial charge >= 0.3 is 0 Å². The van der Waals surface area contributed by atoms with Gasteiger partial charge in [-0.3, -0.25) is 9.48 Å². The summed E-state index contributed by atoms with van der Waals surface area (Å²) in [7, 11) is 0. The third-order valence-electron chi connectivity index (χ3n) is 5.38. The summed E-state index contributed by atoms with van der Waals surface area (Å²) in [5, 5.41) is 5.05. The smallest absolute Gasteiger partial charge is 0.227 e. The van der Waals surface area contributed by atoms with Crippen molar-refractivity contribution in [3.63, 3.8) is 0 Å². The van der Waals surface area contributed by atoms with E-state index >= 15 is 0 Å². The summed E-state index contributed by atoms with van der Waals surface area (Å²) in [6, 6.07) is 9.29. The van der Waals surface area contributed by atoms with Crippen LogP contribution in [0.25, 0.3) is 0 Å². The van der Waals surface area contributed by atoms with E-state index < -0.39 is 0 Å². The molecule has 2 aliphatic rings. The van der Waals surface area contributed by atoms with Crippen LogP contribution in [-0.4, -0.2) is 32.7 Å². The average Bonchev–Trinajstić information content (AvgIpc) is 3.09. The van der Waals surface area contributed by atoms with Crippen LogP contribution < -0.4 is 0 Å². The number of halogens is 1. The number of fused-ring (bicyclic) bond motifs is 2. The molecular formula is C19H22ClN3O. The fourth-order valence-corrected chi connectivity index (χ4v) is 4.52. The molecular weight excluding hydrogens is 322 g/mol. The van der Waals surface area contributed by atoms with E-state index in [2.05, 4.69) is 29.1 Å². The summed E-state index contributed by atoms with van der Waals surface area (Å²) in [5.41, 5.74) is 2.32. The highest BCUT2D eigenvalue weighted by Gasteiger charge is 2.43. The van der Waals surface area contributed by atoms with Gasteiger partial charge in [0.2, 0.25) is 5.91 Å². The number of carbonyl (C=O) groups is 1. The van der Waals surface area contributed by atoms with E-state index in [0.29, 0.717) is 29.6 Å². The molecule has 126 valence electrons. The Kier molecular flexibility index (Phi) is 4.09. The average molecular weight is 344 g/mol. The Morgan fingerprint density at radius 1 is 1.25 bits per heavy atom. The van der Waals surface area contributed by atoms with Crippen LogP contribution in [0.15, 0.2) is 36.7 Å². The lowest BCUT2D eigenvalue weighted by atomic mass is 9.96. The number of benzene rings is 1. The van der Waals surface area contributed by atoms with Gasteiger partial charge in [-0.2, -0.15) is 5.10 Å². The van der Waals surface area contributed by atoms with E-state index in [1.165, 1.54) is 5.56 Å². The molecule has 0 aliphatic carbocycles. The van der Waals surface area contributed by atoms with E-state index in [9.17, 15) is 4.79 Å². The summed E-state index contributed by atoms with van der Waals surface area (Å²) in [4.78, 5) is 15.0. The van der Waals surface area contributed by atoms with Crippen molar-refractivity contribution < 1.29 is 4.79 Å². The number of rotatable bonds is 3. The first-order valence-electron chi connectivity index (χ1n) is 8.66. The Hall–Kier alpha value is -1.81. The van der Waals surface area contributed by atoms with E-state index in [4.69, 9.17) is 11.6 Å². The Morgan fingerprint density at radius 2 is 2.00 bits per heavy atom. The zero-order chi connectivity index (χ0) is 16.7. The highest BCUT2D eigenvalue weighted by molar-refractivity contribution is 6.30. The Morgan fingerprint density at radius 3 is 2.62 bits per heavy atom. The van der Waals surface area contributed by atoms with Crippen LogP contribution in [-0.2, 0) is 11.2 Å². The summed E-state index contributed by atoms with van der Waals surface area (Å²) >= 11 is 6.00. The highest BCUT2D eigenvalue weighted by Crippen LogP contribution is 2.41. The first kappa shape index (κ1) is 15.7. The largest absolute Gasteiger partial charge is 0.336 e. The van der Waals surface area contributed by atoms with E-state index in [-0.39, 0.29) is 5.91 Å². The molecule has 2 aliphatic heterocycles. The van der Waals surface area contributed by atoms with Crippen LogP contribution in [0.4, 0.5) is 0 Å². The van der Waals surface area contributed by atoms with Crippen LogP contribution in [0.1, 0.15) is 42.9 Å². The molecule has 2 aromatic rings. The molecule has 1 aromatic carbocycles. The summed E-state index contributed by atoms with van der Waals surface area (Å²) < 4.78 is 1.98. The van der Waals surface area contributed by atoms with Crippen LogP contribution in [0.2, 0.25) is 5.02 Å². The summed E-state index contributed by atoms with van der Waals surface area (Å²) in [6.07, 6.45) is 8.27. The second-order valence-corrected chi connectivity index (χ2v) is 7.55. The van der Waals surface area contributed by atoms with Gasteiger partial charge < -0.3 is 4.90 Å². The lowest BCUT2D eigenvalue weighted by Crippen LogP contribution is -2.47. The number of hydrogen-bond acceptors (Lipinski definition) is 2. The van der Waals surface area contributed by atoms with Gasteiger partial charge in [-0.1, -0.05) is 41.4 Å². The van der Waals surface area contributed by atoms with Gasteiger partial charge in [0.05, 0.1) is 23.7 Å². The van der Waals surface area contributed by atoms with E-state index in [0.717, 1.165) is 31.2 Å². The molecule has 2 saturated heterocycles. The number of hydrogen-bond donors (Lipinski definition) is 0. The van der Waals surface area contributed by atoms with Crippen molar-refractivity contribution >= 4 is 17.5 Å². The maximum absolute atomic E-state index is 12.9. The molecule has 4 rings (SSSR count). The van der Waals surface area contributed by atoms with Gasteiger partial charge in [-0.05, 0) is 38.2 Å². The third-order valence-corrected chi connectivity index (χ3v) is 5.57. The molecule has 0 N–H and O–H groups in total. The lowest BCUT2D eigenvalue weighted by Gasteiger charge is -2.39. The second kappa shape index (κ2) is 6.25. The summed E-state index contributed by atoms with van der Waals surface area (Å²) in [6.45, 7) is 2.07. The number of piperidine rings is 1. The molecule has 3 heterocycles. The molecule has 1 aromatic heterocycles. The third kappa shape index (κ3) is 2.95. The van der Waals surface area contributed by atoms with Crippen molar-refractivity contribution in [1.82, 2.24) is 14.7 Å². The minimum Gasteiger partial charge on any atom is -0.336 e. The first-order valence-corrected chi connectivity index (χ1v) is 9.04. The standard InChI is InChI=1S/C19H22ClN3O/c1-13-3-2-4-14(7-13)8-19(24)23-16-5-6-17(23)10-18(9-16)22-12-15(20)11-21-22/h2-4,7,11-12,16-18H,5-6,8-10H2,1H3. The zero-order valence-electron chi connectivity index (χ0n) is 13.9. The van der Waals surface area contributed by atoms with Crippen molar-refractivity contribution in [2.24, 2.45) is 0 Å². The quantitative estimate of drug-likeness (QED) is 0.850. The predicted octanol–water partition coefficient (Wildman–Crippen LogP) is 3.78. The molecule has 2 unspecified atom stereocenters. The van der Waals surface area contributed by atoms with Gasteiger partial charge in [-0.15, -0.1) is 0 Å². The van der Waals surface area contributed by atoms with Crippen LogP contribution in [0.3, 0.4) is 0 Å². The van der Waals surface area contributed by atoms with Crippen LogP contribution in [0.5, 0.6) is 0 Å². The number of amides is 1. The minimum atomic E-state index is 0.269. The van der Waals surface area contributed by atoms with E-state index in [1.54, 1.807) is 6.20 Å². The predicted molar refractivity (Wildman–Crippen MR) is 94.0 cm³/mol. The van der Waals surface area contributed by atoms with Gasteiger partial charge in [0.1, 0.15) is 0 Å². The zero-order valence-corrected chi connectivity index (χ0v) is 14.6. The molecule has 0 saturated carbocycles. The number of aryl methyl sites for hydroxylation is 1. The molecule has 0 radical (unpaired) electrons. The highest BCUT2D eigenvalue weighted by atomic mass is 35.5. The first-order chi connectivity index (χ1) is 11.6. The SMILES string of the molecule is Cc1cccc(CC(=O)N2C3CCC2CC(n2cc(Cl)cn2)C3)c1. The molecule has 2 bridgehead atoms. The van der Waals surface area contributed by atoms with E-state index in [1.807, 2.05) is 23.0 Å². The normalized spacial score (nSPS) is 25.9. The van der Waals surface area contributed by atoms with Gasteiger partial charge in [0.25, 0.3) is 0 Å². The topological polar surface area (TPSA) is 38.1 Å². The molecule has 4 nitrogen and oxygen atoms in total. The van der Waals surface area contributed by atoms with Crippen molar-refractivity contribution in [1.29, 1.82) is 0 Å². The van der Waals surface area contributed by atoms with Gasteiger partial charge in [0, 0.05) is 18.3 Å². The fourth-order valence-electron chi connectivity index (χ4n) is 4.37. The Balaban J connectivity index is 1.47. The Bertz CT molecular complexity index is 743. The summed E-state index contributed by atoms with van der Waals surface area (Å²) in [5.74, 6) is 0.269. The molecule has 0 spiro atoms. The number of carbonyl (C=O) groups excluding carboxylic acids is 1. The monoisotopic (exact) mass is 343 g/mol. The molecule has 1 amide bonds. The van der Waals surface area contributed by atoms with Crippen LogP contribution in [0, 0.1) is 6.92 Å². The molecule has 2 atom stereocenters. The molecule has 2 fully saturated rings. The maximum Gasteiger partial charge on any atom is 0.227 e. The van der Waals surface area contributed by atoms with Gasteiger partial charge in [0.15, 0.2) is 0 Å². The van der Waals surface area contributed by atoms with Crippen molar-refractivity contribution in [2.45, 2.75) is 57.2 Å². The number of aromatic nitrogens is 2. The fraction of sp³-hybridized carbons (Fsp3) is 0.474. The maximum atomic E-state index is 12.9. The van der Waals surface area contributed by atoms with Crippen molar-refractivity contribution in [3.05, 3.63) is 52.8 Å². The van der Waals surface area contributed by atoms with Crippen molar-refractivity contribution in [3.8, 4) is 0 Å². The lowest BCUT2D eigenvalue weighted by molar-refractivity contribution is -0.135. The molecule has 5 heteroatoms. The second-order valence-electron chi connectivity index (χ2n) is 7.12. The van der Waals surface area contributed by atoms with Crippen LogP contribution >= 0.6 is 11.6 Å². The Labute approximate surface area is 147 Å². The van der Waals surface area contributed by atoms with Gasteiger partial charge in [-0.25, -0.2) is 0 Å². The number of nitrogens with zero attached hydrogens (tertiary/aromatic N) is 3. The minimum absolute atomic E-state index is 0.269.